The minimum Gasteiger partial charge on any atom is -0.495 e. The van der Waals surface area contributed by atoms with E-state index in [4.69, 9.17) is 10.00 Å². The Morgan fingerprint density at radius 2 is 1.92 bits per heavy atom. The molecule has 0 saturated carbocycles. The average molecular weight is 365 g/mol. The van der Waals surface area contributed by atoms with Crippen LogP contribution in [-0.2, 0) is 4.79 Å². The first-order valence-electron chi connectivity index (χ1n) is 7.75. The van der Waals surface area contributed by atoms with Crippen LogP contribution in [0.3, 0.4) is 0 Å². The number of rotatable bonds is 5. The van der Waals surface area contributed by atoms with Crippen LogP contribution in [0.5, 0.6) is 5.75 Å². The highest BCUT2D eigenvalue weighted by Gasteiger charge is 2.34. The van der Waals surface area contributed by atoms with Gasteiger partial charge in [-0.3, -0.25) is 14.5 Å². The van der Waals surface area contributed by atoms with E-state index in [2.05, 4.69) is 5.32 Å². The first-order valence-corrected chi connectivity index (χ1v) is 8.56. The van der Waals surface area contributed by atoms with Crippen molar-refractivity contribution >= 4 is 34.7 Å². The number of methoxy groups -OCH3 is 1. The van der Waals surface area contributed by atoms with Gasteiger partial charge in [0.05, 0.1) is 36.0 Å². The third-order valence-corrected chi connectivity index (χ3v) is 4.65. The van der Waals surface area contributed by atoms with Gasteiger partial charge >= 0.3 is 0 Å². The first-order chi connectivity index (χ1) is 12.6. The number of carbonyl (C=O) groups is 2. The molecular weight excluding hydrogens is 350 g/mol. The number of hydrogen-bond donors (Lipinski definition) is 1. The molecule has 2 aromatic rings. The van der Waals surface area contributed by atoms with Crippen molar-refractivity contribution in [1.82, 2.24) is 4.90 Å². The van der Waals surface area contributed by atoms with E-state index >= 15 is 0 Å². The molecule has 2 amide bonds. The van der Waals surface area contributed by atoms with Crippen LogP contribution < -0.4 is 10.1 Å². The number of anilines is 1. The summed E-state index contributed by atoms with van der Waals surface area (Å²) in [6, 6.07) is 16.1. The van der Waals surface area contributed by atoms with Gasteiger partial charge in [-0.25, -0.2) is 0 Å². The van der Waals surface area contributed by atoms with Gasteiger partial charge in [-0.15, -0.1) is 0 Å². The molecule has 26 heavy (non-hydrogen) atoms. The third-order valence-electron chi connectivity index (χ3n) is 3.75. The van der Waals surface area contributed by atoms with Crippen molar-refractivity contribution in [2.45, 2.75) is 0 Å². The quantitative estimate of drug-likeness (QED) is 0.814. The van der Waals surface area contributed by atoms with Crippen molar-refractivity contribution in [3.63, 3.8) is 0 Å². The molecule has 1 heterocycles. The van der Waals surface area contributed by atoms with Crippen LogP contribution >= 0.6 is 11.8 Å². The van der Waals surface area contributed by atoms with Gasteiger partial charge in [-0.2, -0.15) is 5.26 Å². The van der Waals surface area contributed by atoms with Gasteiger partial charge in [0.2, 0.25) is 0 Å². The molecule has 1 N–H and O–H groups in total. The molecule has 7 heteroatoms. The molecule has 1 aliphatic heterocycles. The van der Waals surface area contributed by atoms with E-state index < -0.39 is 0 Å². The second kappa shape index (κ2) is 7.76. The fourth-order valence-corrected chi connectivity index (χ4v) is 3.23. The van der Waals surface area contributed by atoms with Gasteiger partial charge in [0.1, 0.15) is 5.75 Å². The molecule has 0 spiro atoms. The zero-order valence-electron chi connectivity index (χ0n) is 13.9. The van der Waals surface area contributed by atoms with Crippen LogP contribution in [-0.4, -0.2) is 29.8 Å². The first kappa shape index (κ1) is 17.6. The van der Waals surface area contributed by atoms with Gasteiger partial charge in [-0.05, 0) is 47.7 Å². The van der Waals surface area contributed by atoms with Crippen molar-refractivity contribution in [2.24, 2.45) is 0 Å². The Bertz CT molecular complexity index is 916. The highest BCUT2D eigenvalue weighted by Crippen LogP contribution is 2.32. The van der Waals surface area contributed by atoms with Crippen molar-refractivity contribution in [3.8, 4) is 11.8 Å². The highest BCUT2D eigenvalue weighted by molar-refractivity contribution is 8.18. The van der Waals surface area contributed by atoms with Gasteiger partial charge in [0, 0.05) is 0 Å². The number of nitriles is 1. The van der Waals surface area contributed by atoms with Crippen molar-refractivity contribution in [2.75, 3.05) is 19.1 Å². The summed E-state index contributed by atoms with van der Waals surface area (Å²) in [6.07, 6.45) is 1.65. The number of thioether (sulfide) groups is 1. The molecule has 0 unspecified atom stereocenters. The van der Waals surface area contributed by atoms with E-state index in [-0.39, 0.29) is 17.8 Å². The summed E-state index contributed by atoms with van der Waals surface area (Å²) in [6.45, 7) is 0.0513. The molecule has 0 radical (unpaired) electrons. The van der Waals surface area contributed by atoms with E-state index in [9.17, 15) is 9.59 Å². The van der Waals surface area contributed by atoms with E-state index in [1.807, 2.05) is 24.3 Å². The molecule has 130 valence electrons. The van der Waals surface area contributed by atoms with Gasteiger partial charge < -0.3 is 10.1 Å². The lowest BCUT2D eigenvalue weighted by Gasteiger charge is -2.16. The monoisotopic (exact) mass is 365 g/mol. The van der Waals surface area contributed by atoms with Crippen LogP contribution in [0.15, 0.2) is 53.4 Å². The van der Waals surface area contributed by atoms with Crippen LogP contribution in [0, 0.1) is 11.3 Å². The van der Waals surface area contributed by atoms with E-state index in [1.54, 1.807) is 43.5 Å². The molecule has 3 rings (SSSR count). The van der Waals surface area contributed by atoms with Crippen molar-refractivity contribution < 1.29 is 14.3 Å². The lowest BCUT2D eigenvalue weighted by Crippen LogP contribution is -2.33. The van der Waals surface area contributed by atoms with Crippen molar-refractivity contribution in [3.05, 3.63) is 64.6 Å². The third kappa shape index (κ3) is 3.71. The summed E-state index contributed by atoms with van der Waals surface area (Å²) < 4.78 is 5.24. The Kier molecular flexibility index (Phi) is 5.25. The summed E-state index contributed by atoms with van der Waals surface area (Å²) in [4.78, 5) is 26.2. The molecule has 1 aliphatic rings. The minimum absolute atomic E-state index is 0.0513. The largest absolute Gasteiger partial charge is 0.495 e. The Morgan fingerprint density at radius 1 is 1.19 bits per heavy atom. The van der Waals surface area contributed by atoms with E-state index in [1.165, 1.54) is 0 Å². The van der Waals surface area contributed by atoms with Crippen LogP contribution in [0.2, 0.25) is 0 Å². The summed E-state index contributed by atoms with van der Waals surface area (Å²) in [5, 5.41) is 11.5. The van der Waals surface area contributed by atoms with Crippen LogP contribution in [0.25, 0.3) is 6.08 Å². The molecule has 2 aromatic carbocycles. The summed E-state index contributed by atoms with van der Waals surface area (Å²) in [7, 11) is 1.56. The SMILES string of the molecule is COc1ccccc1NCN1C(=O)S/C(=C/c2ccc(C#N)cc2)C1=O. The lowest BCUT2D eigenvalue weighted by atomic mass is 10.1. The normalized spacial score (nSPS) is 15.2. The second-order valence-corrected chi connectivity index (χ2v) is 6.37. The summed E-state index contributed by atoms with van der Waals surface area (Å²) in [5.74, 6) is 0.277. The molecule has 0 aliphatic carbocycles. The standard InChI is InChI=1S/C19H15N3O3S/c1-25-16-5-3-2-4-15(16)21-12-22-18(23)17(26-19(22)24)10-13-6-8-14(11-20)9-7-13/h2-10,21H,12H2,1H3/b17-10+. The fraction of sp³-hybridized carbons (Fsp3) is 0.105. The predicted molar refractivity (Wildman–Crippen MR) is 100 cm³/mol. The maximum absolute atomic E-state index is 12.5. The number of carbonyl (C=O) groups excluding carboxylic acids is 2. The van der Waals surface area contributed by atoms with Gasteiger partial charge in [-0.1, -0.05) is 24.3 Å². The number of para-hydroxylation sites is 2. The molecule has 1 saturated heterocycles. The smallest absolute Gasteiger partial charge is 0.295 e. The topological polar surface area (TPSA) is 82.4 Å². The molecule has 0 aromatic heterocycles. The summed E-state index contributed by atoms with van der Waals surface area (Å²) in [5.41, 5.74) is 1.99. The Labute approximate surface area is 155 Å². The zero-order valence-corrected chi connectivity index (χ0v) is 14.7. The molecule has 0 bridgehead atoms. The Balaban J connectivity index is 1.72. The molecule has 6 nitrogen and oxygen atoms in total. The maximum Gasteiger partial charge on any atom is 0.295 e. The number of benzene rings is 2. The minimum atomic E-state index is -0.355. The maximum atomic E-state index is 12.5. The highest BCUT2D eigenvalue weighted by atomic mass is 32.2. The second-order valence-electron chi connectivity index (χ2n) is 5.38. The number of hydrogen-bond acceptors (Lipinski definition) is 6. The average Bonchev–Trinajstić information content (AvgIpc) is 2.94. The molecule has 0 atom stereocenters. The van der Waals surface area contributed by atoms with Crippen LogP contribution in [0.4, 0.5) is 10.5 Å². The van der Waals surface area contributed by atoms with Gasteiger partial charge in [0.25, 0.3) is 11.1 Å². The Morgan fingerprint density at radius 3 is 2.62 bits per heavy atom. The lowest BCUT2D eigenvalue weighted by molar-refractivity contribution is -0.122. The number of ether oxygens (including phenoxy) is 1. The van der Waals surface area contributed by atoms with E-state index in [0.29, 0.717) is 21.9 Å². The number of nitrogens with zero attached hydrogens (tertiary/aromatic N) is 2. The molecular formula is C19H15N3O3S. The number of amides is 2. The molecule has 1 fully saturated rings. The zero-order chi connectivity index (χ0) is 18.5. The Hall–Kier alpha value is -3.24. The fourth-order valence-electron chi connectivity index (χ4n) is 2.40. The summed E-state index contributed by atoms with van der Waals surface area (Å²) >= 11 is 0.894. The van der Waals surface area contributed by atoms with Crippen molar-refractivity contribution in [1.29, 1.82) is 5.26 Å². The van der Waals surface area contributed by atoms with Gasteiger partial charge in [0.15, 0.2) is 0 Å². The predicted octanol–water partition coefficient (Wildman–Crippen LogP) is 3.67. The van der Waals surface area contributed by atoms with E-state index in [0.717, 1.165) is 22.2 Å². The van der Waals surface area contributed by atoms with Crippen LogP contribution in [0.1, 0.15) is 11.1 Å². The number of nitrogens with one attached hydrogen (secondary N) is 1. The number of imide groups is 1.